The van der Waals surface area contributed by atoms with Crippen molar-refractivity contribution in [2.24, 2.45) is 0 Å². The van der Waals surface area contributed by atoms with E-state index in [1.54, 1.807) is 0 Å². The van der Waals surface area contributed by atoms with Crippen molar-refractivity contribution in [1.29, 1.82) is 0 Å². The Morgan fingerprint density at radius 2 is 1.65 bits per heavy atom. The topological polar surface area (TPSA) is 160 Å². The van der Waals surface area contributed by atoms with Gasteiger partial charge in [0.05, 0.1) is 10.6 Å². The number of hydrogen-bond donors (Lipinski definition) is 4. The lowest BCUT2D eigenvalue weighted by molar-refractivity contribution is 0.0692. The molecule has 0 atom stereocenters. The Morgan fingerprint density at radius 3 is 2.26 bits per heavy atom. The Bertz CT molecular complexity index is 1300. The number of ether oxygens (including phenoxy) is 1. The zero-order valence-electron chi connectivity index (χ0n) is 15.3. The van der Waals surface area contributed by atoms with Crippen LogP contribution >= 0.6 is 23.2 Å². The van der Waals surface area contributed by atoms with Crippen LogP contribution in [0.5, 0.6) is 5.75 Å². The summed E-state index contributed by atoms with van der Waals surface area (Å²) in [6.07, 6.45) is 0. The highest BCUT2D eigenvalue weighted by Crippen LogP contribution is 2.32. The molecule has 1 heterocycles. The van der Waals surface area contributed by atoms with Crippen molar-refractivity contribution >= 4 is 46.9 Å². The fourth-order valence-electron chi connectivity index (χ4n) is 2.87. The van der Waals surface area contributed by atoms with Gasteiger partial charge in [-0.1, -0.05) is 35.3 Å². The van der Waals surface area contributed by atoms with Gasteiger partial charge in [0.15, 0.2) is 0 Å². The van der Waals surface area contributed by atoms with Crippen molar-refractivity contribution in [2.75, 3.05) is 5.73 Å². The normalized spacial score (nSPS) is 10.5. The summed E-state index contributed by atoms with van der Waals surface area (Å²) in [5.41, 5.74) is 2.68. The molecule has 0 saturated heterocycles. The van der Waals surface area contributed by atoms with Crippen molar-refractivity contribution < 1.29 is 29.3 Å². The number of nitrogen functional groups attached to an aromatic ring is 1. The van der Waals surface area contributed by atoms with E-state index in [0.29, 0.717) is 5.02 Å². The molecule has 0 saturated carbocycles. The second-order valence-corrected chi connectivity index (χ2v) is 6.99. The van der Waals surface area contributed by atoms with Gasteiger partial charge in [0.1, 0.15) is 22.7 Å². The molecule has 0 aliphatic rings. The first-order valence-corrected chi connectivity index (χ1v) is 9.15. The number of benzene rings is 2. The summed E-state index contributed by atoms with van der Waals surface area (Å²) in [5.74, 6) is -4.62. The molecule has 0 aliphatic carbocycles. The maximum absolute atomic E-state index is 12.4. The van der Waals surface area contributed by atoms with E-state index in [2.05, 4.69) is 0 Å². The van der Waals surface area contributed by atoms with E-state index in [1.807, 2.05) is 4.98 Å². The molecule has 5 N–H and O–H groups in total. The van der Waals surface area contributed by atoms with E-state index in [-0.39, 0.29) is 21.9 Å². The Morgan fingerprint density at radius 1 is 0.968 bits per heavy atom. The summed E-state index contributed by atoms with van der Waals surface area (Å²) in [4.78, 5) is 50.0. The Labute approximate surface area is 183 Å². The number of carbonyl (C=O) groups excluding carboxylic acids is 1. The molecule has 3 rings (SSSR count). The van der Waals surface area contributed by atoms with E-state index in [1.165, 1.54) is 42.5 Å². The molecule has 0 unspecified atom stereocenters. The average Bonchev–Trinajstić information content (AvgIpc) is 2.66. The number of carboxylic acid groups (broad SMARTS) is 2. The summed E-state index contributed by atoms with van der Waals surface area (Å²) in [6, 6.07) is 9.47. The minimum absolute atomic E-state index is 0.0138. The molecular formula is C20H12Cl2N2O7. The number of aromatic nitrogens is 1. The third kappa shape index (κ3) is 4.37. The SMILES string of the molecule is Nc1[nH]c(=O)c(C(=O)O)c(-c2cccc(OC(=O)c3ccc(Cl)cc3Cl)c2)c1C(=O)O. The van der Waals surface area contributed by atoms with Crippen molar-refractivity contribution in [2.45, 2.75) is 0 Å². The van der Waals surface area contributed by atoms with Crippen LogP contribution in [0.4, 0.5) is 5.82 Å². The van der Waals surface area contributed by atoms with Crippen LogP contribution in [0.25, 0.3) is 11.1 Å². The molecule has 31 heavy (non-hydrogen) atoms. The molecular weight excluding hydrogens is 451 g/mol. The van der Waals surface area contributed by atoms with E-state index >= 15 is 0 Å². The van der Waals surface area contributed by atoms with Crippen molar-refractivity contribution in [3.05, 3.63) is 79.6 Å². The fourth-order valence-corrected chi connectivity index (χ4v) is 3.35. The number of anilines is 1. The molecule has 0 radical (unpaired) electrons. The zero-order valence-corrected chi connectivity index (χ0v) is 16.8. The molecule has 158 valence electrons. The number of rotatable bonds is 5. The van der Waals surface area contributed by atoms with Crippen LogP contribution in [-0.2, 0) is 0 Å². The van der Waals surface area contributed by atoms with Crippen LogP contribution in [0, 0.1) is 0 Å². The monoisotopic (exact) mass is 462 g/mol. The minimum atomic E-state index is -1.66. The molecule has 0 amide bonds. The average molecular weight is 463 g/mol. The lowest BCUT2D eigenvalue weighted by atomic mass is 9.95. The summed E-state index contributed by atoms with van der Waals surface area (Å²) in [7, 11) is 0. The smallest absolute Gasteiger partial charge is 0.345 e. The summed E-state index contributed by atoms with van der Waals surface area (Å²) >= 11 is 11.8. The minimum Gasteiger partial charge on any atom is -0.478 e. The van der Waals surface area contributed by atoms with Crippen LogP contribution in [0.1, 0.15) is 31.1 Å². The Kier molecular flexibility index (Phi) is 6.00. The van der Waals surface area contributed by atoms with Crippen LogP contribution < -0.4 is 16.0 Å². The number of carboxylic acids is 2. The highest BCUT2D eigenvalue weighted by Gasteiger charge is 2.27. The van der Waals surface area contributed by atoms with Gasteiger partial charge in [-0.25, -0.2) is 14.4 Å². The largest absolute Gasteiger partial charge is 0.478 e. The number of halogens is 2. The molecule has 2 aromatic carbocycles. The van der Waals surface area contributed by atoms with Gasteiger partial charge in [-0.2, -0.15) is 0 Å². The predicted octanol–water partition coefficient (Wildman–Crippen LogP) is 3.55. The number of esters is 1. The number of hydrogen-bond acceptors (Lipinski definition) is 6. The third-order valence-electron chi connectivity index (χ3n) is 4.16. The molecule has 0 aliphatic heterocycles. The van der Waals surface area contributed by atoms with Crippen LogP contribution in [0.3, 0.4) is 0 Å². The number of aromatic amines is 1. The van der Waals surface area contributed by atoms with E-state index < -0.39 is 46.0 Å². The number of pyridine rings is 1. The van der Waals surface area contributed by atoms with E-state index in [0.717, 1.165) is 0 Å². The fraction of sp³-hybridized carbons (Fsp3) is 0. The van der Waals surface area contributed by atoms with Crippen LogP contribution in [0.2, 0.25) is 10.0 Å². The zero-order chi connectivity index (χ0) is 22.9. The highest BCUT2D eigenvalue weighted by molar-refractivity contribution is 6.36. The van der Waals surface area contributed by atoms with Gasteiger partial charge in [-0.05, 0) is 35.9 Å². The van der Waals surface area contributed by atoms with Gasteiger partial charge < -0.3 is 25.7 Å². The lowest BCUT2D eigenvalue weighted by Gasteiger charge is -2.13. The van der Waals surface area contributed by atoms with E-state index in [4.69, 9.17) is 33.7 Å². The van der Waals surface area contributed by atoms with Gasteiger partial charge in [0.25, 0.3) is 5.56 Å². The van der Waals surface area contributed by atoms with Crippen molar-refractivity contribution in [3.63, 3.8) is 0 Å². The van der Waals surface area contributed by atoms with Crippen LogP contribution in [0.15, 0.2) is 47.3 Å². The first kappa shape index (κ1) is 21.9. The van der Waals surface area contributed by atoms with Gasteiger partial charge in [0.2, 0.25) is 0 Å². The maximum Gasteiger partial charge on any atom is 0.345 e. The Hall–Kier alpha value is -3.82. The van der Waals surface area contributed by atoms with Gasteiger partial charge >= 0.3 is 17.9 Å². The van der Waals surface area contributed by atoms with E-state index in [9.17, 15) is 29.4 Å². The molecule has 0 fully saturated rings. The molecule has 3 aromatic rings. The molecule has 11 heteroatoms. The van der Waals surface area contributed by atoms with Gasteiger partial charge in [-0.15, -0.1) is 0 Å². The number of nitrogens with two attached hydrogens (primary N) is 1. The number of aromatic carboxylic acids is 2. The quantitative estimate of drug-likeness (QED) is 0.330. The first-order chi connectivity index (χ1) is 14.6. The highest BCUT2D eigenvalue weighted by atomic mass is 35.5. The Balaban J connectivity index is 2.12. The van der Waals surface area contributed by atoms with Gasteiger partial charge in [-0.3, -0.25) is 4.79 Å². The predicted molar refractivity (Wildman–Crippen MR) is 112 cm³/mol. The molecule has 1 aromatic heterocycles. The number of H-pyrrole nitrogens is 1. The second kappa shape index (κ2) is 8.50. The molecule has 9 nitrogen and oxygen atoms in total. The van der Waals surface area contributed by atoms with Crippen LogP contribution in [-0.4, -0.2) is 33.1 Å². The van der Waals surface area contributed by atoms with Gasteiger partial charge in [0, 0.05) is 10.6 Å². The second-order valence-electron chi connectivity index (χ2n) is 6.14. The summed E-state index contributed by atoms with van der Waals surface area (Å²) in [6.45, 7) is 0. The maximum atomic E-state index is 12.4. The van der Waals surface area contributed by atoms with Crippen molar-refractivity contribution in [1.82, 2.24) is 4.98 Å². The lowest BCUT2D eigenvalue weighted by Crippen LogP contribution is -2.24. The van der Waals surface area contributed by atoms with Crippen molar-refractivity contribution in [3.8, 4) is 16.9 Å². The first-order valence-electron chi connectivity index (χ1n) is 8.40. The summed E-state index contributed by atoms with van der Waals surface area (Å²) < 4.78 is 5.27. The molecule has 0 bridgehead atoms. The third-order valence-corrected chi connectivity index (χ3v) is 4.70. The molecule has 0 spiro atoms. The summed E-state index contributed by atoms with van der Waals surface area (Å²) in [5, 5.41) is 19.3. The standard InChI is InChI=1S/C20H12Cl2N2O7/c21-9-4-5-11(12(22)7-9)20(30)31-10-3-1-2-8(6-10)13-14(18(26)27)16(23)24-17(25)15(13)19(28)29/h1-7H,(H,26,27)(H,28,29)(H3,23,24,25). The number of nitrogens with one attached hydrogen (secondary N) is 1. The number of carbonyl (C=O) groups is 3.